The average Bonchev–Trinajstić information content (AvgIpc) is 2.58. The highest BCUT2D eigenvalue weighted by Gasteiger charge is 2.21. The number of benzene rings is 1. The van der Waals surface area contributed by atoms with Crippen molar-refractivity contribution in [3.05, 3.63) is 47.5 Å². The molecule has 0 N–H and O–H groups in total. The van der Waals surface area contributed by atoms with Gasteiger partial charge in [-0.2, -0.15) is 0 Å². The summed E-state index contributed by atoms with van der Waals surface area (Å²) >= 11 is 0. The second-order valence-corrected chi connectivity index (χ2v) is 5.94. The van der Waals surface area contributed by atoms with Crippen molar-refractivity contribution in [3.8, 4) is 11.8 Å². The molecule has 0 fully saturated rings. The number of hydrogen-bond acceptors (Lipinski definition) is 4. The largest absolute Gasteiger partial charge is 0.462 e. The lowest BCUT2D eigenvalue weighted by Crippen LogP contribution is -2.24. The van der Waals surface area contributed by atoms with Gasteiger partial charge in [-0.25, -0.2) is 9.59 Å². The summed E-state index contributed by atoms with van der Waals surface area (Å²) in [6.07, 6.45) is 1.35. The Morgan fingerprint density at radius 1 is 1.20 bits per heavy atom. The first-order valence-corrected chi connectivity index (χ1v) is 8.54. The predicted octanol–water partition coefficient (Wildman–Crippen LogP) is 4.40. The Balaban J connectivity index is 2.96. The van der Waals surface area contributed by atoms with Crippen LogP contribution >= 0.6 is 0 Å². The summed E-state index contributed by atoms with van der Waals surface area (Å²) in [5, 5.41) is 0. The number of ether oxygens (including phenoxy) is 2. The predicted molar refractivity (Wildman–Crippen MR) is 98.3 cm³/mol. The van der Waals surface area contributed by atoms with E-state index in [1.807, 2.05) is 6.92 Å². The number of rotatable bonds is 7. The van der Waals surface area contributed by atoms with Gasteiger partial charge in [0.25, 0.3) is 0 Å². The summed E-state index contributed by atoms with van der Waals surface area (Å²) in [6, 6.07) is 6.33. The third-order valence-electron chi connectivity index (χ3n) is 3.53. The molecule has 4 heteroatoms. The molecule has 0 aromatic heterocycles. The van der Waals surface area contributed by atoms with Gasteiger partial charge in [-0.05, 0) is 44.0 Å². The molecule has 0 saturated carbocycles. The lowest BCUT2D eigenvalue weighted by atomic mass is 9.99. The van der Waals surface area contributed by atoms with E-state index in [1.54, 1.807) is 32.0 Å². The minimum Gasteiger partial charge on any atom is -0.462 e. The van der Waals surface area contributed by atoms with Gasteiger partial charge in [0.05, 0.1) is 17.7 Å². The highest BCUT2D eigenvalue weighted by molar-refractivity contribution is 5.95. The summed E-state index contributed by atoms with van der Waals surface area (Å²) in [7, 11) is 0. The van der Waals surface area contributed by atoms with Gasteiger partial charge in [-0.15, -0.1) is 0 Å². The molecule has 1 aromatic carbocycles. The van der Waals surface area contributed by atoms with Crippen LogP contribution in [0.1, 0.15) is 61.3 Å². The maximum absolute atomic E-state index is 12.5. The second-order valence-electron chi connectivity index (χ2n) is 5.94. The number of carbonyl (C=O) groups is 2. The monoisotopic (exact) mass is 342 g/mol. The van der Waals surface area contributed by atoms with Gasteiger partial charge in [0, 0.05) is 5.92 Å². The molecule has 0 spiro atoms. The van der Waals surface area contributed by atoms with E-state index in [2.05, 4.69) is 25.3 Å². The molecule has 0 aliphatic heterocycles. The van der Waals surface area contributed by atoms with E-state index in [0.717, 1.165) is 12.8 Å². The van der Waals surface area contributed by atoms with E-state index >= 15 is 0 Å². The Bertz CT molecular complexity index is 679. The molecule has 0 radical (unpaired) electrons. The molecular formula is C21H26O4. The molecule has 1 aromatic rings. The van der Waals surface area contributed by atoms with E-state index in [0.29, 0.717) is 16.7 Å². The Morgan fingerprint density at radius 3 is 2.40 bits per heavy atom. The van der Waals surface area contributed by atoms with Crippen LogP contribution in [0.4, 0.5) is 0 Å². The SMILES string of the molecule is C=C(C)C#CC(OC(=O)c1cccc(C(=O)OCC)c1)C(C)CCC. The van der Waals surface area contributed by atoms with E-state index in [9.17, 15) is 9.59 Å². The Labute approximate surface area is 150 Å². The minimum atomic E-state index is -0.518. The summed E-state index contributed by atoms with van der Waals surface area (Å²) in [5.41, 5.74) is 1.34. The van der Waals surface area contributed by atoms with Gasteiger partial charge < -0.3 is 9.47 Å². The smallest absolute Gasteiger partial charge is 0.339 e. The van der Waals surface area contributed by atoms with Gasteiger partial charge in [0.15, 0.2) is 6.10 Å². The lowest BCUT2D eigenvalue weighted by Gasteiger charge is -2.19. The number of esters is 2. The van der Waals surface area contributed by atoms with Crippen molar-refractivity contribution in [1.82, 2.24) is 0 Å². The molecule has 134 valence electrons. The number of carbonyl (C=O) groups excluding carboxylic acids is 2. The molecule has 2 unspecified atom stereocenters. The molecule has 0 amide bonds. The molecule has 1 rings (SSSR count). The van der Waals surface area contributed by atoms with E-state index in [4.69, 9.17) is 9.47 Å². The summed E-state index contributed by atoms with van der Waals surface area (Å²) in [5.74, 6) is 5.01. The number of hydrogen-bond donors (Lipinski definition) is 0. The first kappa shape index (κ1) is 20.5. The molecule has 0 bridgehead atoms. The molecule has 0 aliphatic rings. The van der Waals surface area contributed by atoms with Crippen LogP contribution in [-0.2, 0) is 9.47 Å². The molecule has 25 heavy (non-hydrogen) atoms. The molecule has 0 heterocycles. The minimum absolute atomic E-state index is 0.106. The topological polar surface area (TPSA) is 52.6 Å². The zero-order chi connectivity index (χ0) is 18.8. The molecular weight excluding hydrogens is 316 g/mol. The quantitative estimate of drug-likeness (QED) is 0.544. The summed E-state index contributed by atoms with van der Waals surface area (Å²) in [6.45, 7) is 11.6. The van der Waals surface area contributed by atoms with Crippen molar-refractivity contribution in [1.29, 1.82) is 0 Å². The van der Waals surface area contributed by atoms with Gasteiger partial charge >= 0.3 is 11.9 Å². The van der Waals surface area contributed by atoms with Crippen LogP contribution in [0.3, 0.4) is 0 Å². The maximum Gasteiger partial charge on any atom is 0.339 e. The van der Waals surface area contributed by atoms with E-state index in [1.165, 1.54) is 6.07 Å². The van der Waals surface area contributed by atoms with Gasteiger partial charge in [-0.3, -0.25) is 0 Å². The van der Waals surface area contributed by atoms with Crippen molar-refractivity contribution >= 4 is 11.9 Å². The first-order chi connectivity index (χ1) is 11.9. The third-order valence-corrected chi connectivity index (χ3v) is 3.53. The van der Waals surface area contributed by atoms with Gasteiger partial charge in [0.1, 0.15) is 0 Å². The van der Waals surface area contributed by atoms with Crippen LogP contribution in [0.5, 0.6) is 0 Å². The third kappa shape index (κ3) is 6.84. The van der Waals surface area contributed by atoms with Crippen molar-refractivity contribution in [2.24, 2.45) is 5.92 Å². The molecule has 2 atom stereocenters. The Kier molecular flexibility index (Phi) is 8.49. The van der Waals surface area contributed by atoms with Crippen LogP contribution in [0.2, 0.25) is 0 Å². The highest BCUT2D eigenvalue weighted by atomic mass is 16.5. The Hall–Kier alpha value is -2.54. The van der Waals surface area contributed by atoms with Crippen molar-refractivity contribution in [2.75, 3.05) is 6.61 Å². The summed E-state index contributed by atoms with van der Waals surface area (Å²) in [4.78, 5) is 24.3. The fraction of sp³-hybridized carbons (Fsp3) is 0.429. The lowest BCUT2D eigenvalue weighted by molar-refractivity contribution is 0.0305. The van der Waals surface area contributed by atoms with Crippen molar-refractivity contribution in [3.63, 3.8) is 0 Å². The van der Waals surface area contributed by atoms with Crippen LogP contribution in [0.25, 0.3) is 0 Å². The molecule has 4 nitrogen and oxygen atoms in total. The zero-order valence-corrected chi connectivity index (χ0v) is 15.4. The van der Waals surface area contributed by atoms with Crippen LogP contribution < -0.4 is 0 Å². The van der Waals surface area contributed by atoms with Gasteiger partial charge in [0.2, 0.25) is 0 Å². The fourth-order valence-electron chi connectivity index (χ4n) is 2.26. The van der Waals surface area contributed by atoms with Crippen LogP contribution in [0, 0.1) is 17.8 Å². The first-order valence-electron chi connectivity index (χ1n) is 8.54. The molecule has 0 saturated heterocycles. The van der Waals surface area contributed by atoms with Crippen LogP contribution in [0.15, 0.2) is 36.4 Å². The van der Waals surface area contributed by atoms with Gasteiger partial charge in [-0.1, -0.05) is 44.8 Å². The van der Waals surface area contributed by atoms with E-state index < -0.39 is 18.0 Å². The maximum atomic E-state index is 12.5. The van der Waals surface area contributed by atoms with E-state index in [-0.39, 0.29) is 12.5 Å². The standard InChI is InChI=1S/C21H26O4/c1-6-9-16(5)19(13-12-15(3)4)25-21(23)18-11-8-10-17(14-18)20(22)24-7-2/h8,10-11,14,16,19H,3,6-7,9H2,1-2,4-5H3. The normalized spacial score (nSPS) is 12.3. The summed E-state index contributed by atoms with van der Waals surface area (Å²) < 4.78 is 10.5. The Morgan fingerprint density at radius 2 is 1.84 bits per heavy atom. The van der Waals surface area contributed by atoms with Crippen molar-refractivity contribution in [2.45, 2.75) is 46.6 Å². The van der Waals surface area contributed by atoms with Crippen molar-refractivity contribution < 1.29 is 19.1 Å². The average molecular weight is 342 g/mol. The fourth-order valence-corrected chi connectivity index (χ4v) is 2.26. The highest BCUT2D eigenvalue weighted by Crippen LogP contribution is 2.17. The second kappa shape index (κ2) is 10.4. The molecule has 0 aliphatic carbocycles. The van der Waals surface area contributed by atoms with Crippen LogP contribution in [-0.4, -0.2) is 24.6 Å². The number of allylic oxidation sites excluding steroid dienone is 1. The zero-order valence-electron chi connectivity index (χ0n) is 15.4.